The number of anilines is 2. The number of pyridine rings is 1. The molecule has 0 aliphatic rings. The van der Waals surface area contributed by atoms with Gasteiger partial charge < -0.3 is 10.0 Å². The zero-order chi connectivity index (χ0) is 14.0. The summed E-state index contributed by atoms with van der Waals surface area (Å²) in [6.07, 6.45) is 0. The minimum atomic E-state index is -0.159. The second-order valence-electron chi connectivity index (χ2n) is 4.66. The van der Waals surface area contributed by atoms with E-state index in [0.29, 0.717) is 10.7 Å². The first kappa shape index (κ1) is 13.8. The number of halogens is 1. The maximum absolute atomic E-state index is 9.22. The molecule has 0 radical (unpaired) electrons. The molecule has 100 valence electrons. The summed E-state index contributed by atoms with van der Waals surface area (Å²) in [4.78, 5) is 6.35. The fourth-order valence-corrected chi connectivity index (χ4v) is 2.21. The van der Waals surface area contributed by atoms with E-state index >= 15 is 0 Å². The van der Waals surface area contributed by atoms with Crippen molar-refractivity contribution < 1.29 is 5.11 Å². The van der Waals surface area contributed by atoms with Crippen LogP contribution >= 0.6 is 11.6 Å². The molecule has 0 fully saturated rings. The molecule has 2 rings (SSSR count). The summed E-state index contributed by atoms with van der Waals surface area (Å²) in [5.41, 5.74) is 3.97. The lowest BCUT2D eigenvalue weighted by molar-refractivity contribution is 0.277. The van der Waals surface area contributed by atoms with Gasteiger partial charge >= 0.3 is 0 Å². The van der Waals surface area contributed by atoms with E-state index in [1.54, 1.807) is 6.07 Å². The molecule has 0 amide bonds. The number of aromatic nitrogens is 1. The summed E-state index contributed by atoms with van der Waals surface area (Å²) >= 11 is 5.96. The SMILES string of the molecule is Cc1cc(C)cc(N(C)c2ccc(Cl)c(CO)n2)c1. The van der Waals surface area contributed by atoms with Gasteiger partial charge in [-0.05, 0) is 49.2 Å². The van der Waals surface area contributed by atoms with Gasteiger partial charge in [-0.25, -0.2) is 4.98 Å². The minimum Gasteiger partial charge on any atom is -0.390 e. The van der Waals surface area contributed by atoms with Crippen LogP contribution in [0.3, 0.4) is 0 Å². The molecule has 0 spiro atoms. The molecule has 1 aromatic carbocycles. The van der Waals surface area contributed by atoms with Crippen molar-refractivity contribution in [2.24, 2.45) is 0 Å². The number of aryl methyl sites for hydroxylation is 2. The maximum Gasteiger partial charge on any atom is 0.133 e. The topological polar surface area (TPSA) is 36.4 Å². The molecule has 1 heterocycles. The Hall–Kier alpha value is -1.58. The van der Waals surface area contributed by atoms with E-state index in [9.17, 15) is 5.11 Å². The van der Waals surface area contributed by atoms with E-state index in [0.717, 1.165) is 11.5 Å². The lowest BCUT2D eigenvalue weighted by atomic mass is 10.1. The molecule has 0 aliphatic heterocycles. The Morgan fingerprint density at radius 1 is 1.16 bits per heavy atom. The molecule has 0 aliphatic carbocycles. The molecule has 0 saturated heterocycles. The Morgan fingerprint density at radius 2 is 1.79 bits per heavy atom. The fourth-order valence-electron chi connectivity index (χ4n) is 2.05. The highest BCUT2D eigenvalue weighted by Crippen LogP contribution is 2.26. The van der Waals surface area contributed by atoms with Crippen molar-refractivity contribution in [2.75, 3.05) is 11.9 Å². The average Bonchev–Trinajstić information content (AvgIpc) is 2.37. The van der Waals surface area contributed by atoms with E-state index in [-0.39, 0.29) is 6.61 Å². The third-order valence-electron chi connectivity index (χ3n) is 2.99. The number of benzene rings is 1. The van der Waals surface area contributed by atoms with Crippen LogP contribution in [0.15, 0.2) is 30.3 Å². The monoisotopic (exact) mass is 276 g/mol. The van der Waals surface area contributed by atoms with Gasteiger partial charge in [-0.3, -0.25) is 0 Å². The summed E-state index contributed by atoms with van der Waals surface area (Å²) in [6.45, 7) is 3.98. The fraction of sp³-hybridized carbons (Fsp3) is 0.267. The Morgan fingerprint density at radius 3 is 2.37 bits per heavy atom. The minimum absolute atomic E-state index is 0.159. The second kappa shape index (κ2) is 5.59. The molecule has 1 N–H and O–H groups in total. The van der Waals surface area contributed by atoms with Gasteiger partial charge in [-0.15, -0.1) is 0 Å². The number of hydrogen-bond acceptors (Lipinski definition) is 3. The van der Waals surface area contributed by atoms with Crippen LogP contribution in [0, 0.1) is 13.8 Å². The van der Waals surface area contributed by atoms with Gasteiger partial charge in [-0.1, -0.05) is 17.7 Å². The van der Waals surface area contributed by atoms with Gasteiger partial charge in [-0.2, -0.15) is 0 Å². The van der Waals surface area contributed by atoms with Gasteiger partial charge in [0.15, 0.2) is 0 Å². The summed E-state index contributed by atoms with van der Waals surface area (Å²) in [5.74, 6) is 0.762. The van der Waals surface area contributed by atoms with Crippen molar-refractivity contribution in [1.29, 1.82) is 0 Å². The van der Waals surface area contributed by atoms with Crippen LogP contribution in [0.5, 0.6) is 0 Å². The highest BCUT2D eigenvalue weighted by atomic mass is 35.5. The summed E-state index contributed by atoms with van der Waals surface area (Å²) in [6, 6.07) is 9.93. The lowest BCUT2D eigenvalue weighted by Gasteiger charge is -2.20. The molecule has 0 saturated carbocycles. The first-order valence-corrected chi connectivity index (χ1v) is 6.47. The molecule has 1 aromatic heterocycles. The first-order chi connectivity index (χ1) is 9.01. The van der Waals surface area contributed by atoms with Crippen LogP contribution in [-0.4, -0.2) is 17.1 Å². The largest absolute Gasteiger partial charge is 0.390 e. The predicted octanol–water partition coefficient (Wildman–Crippen LogP) is 3.61. The maximum atomic E-state index is 9.22. The Labute approximate surface area is 118 Å². The van der Waals surface area contributed by atoms with Crippen molar-refractivity contribution in [1.82, 2.24) is 4.98 Å². The molecule has 0 unspecified atom stereocenters. The van der Waals surface area contributed by atoms with Gasteiger partial charge in [0.05, 0.1) is 17.3 Å². The third-order valence-corrected chi connectivity index (χ3v) is 3.34. The normalized spacial score (nSPS) is 10.6. The van der Waals surface area contributed by atoms with Crippen molar-refractivity contribution in [3.63, 3.8) is 0 Å². The number of aliphatic hydroxyl groups excluding tert-OH is 1. The standard InChI is InChI=1S/C15H17ClN2O/c1-10-6-11(2)8-12(7-10)18(3)15-5-4-13(16)14(9-19)17-15/h4-8,19H,9H2,1-3H3. The van der Waals surface area contributed by atoms with Gasteiger partial charge in [0.2, 0.25) is 0 Å². The highest BCUT2D eigenvalue weighted by molar-refractivity contribution is 6.31. The van der Waals surface area contributed by atoms with E-state index < -0.39 is 0 Å². The van der Waals surface area contributed by atoms with Crippen LogP contribution < -0.4 is 4.90 Å². The van der Waals surface area contributed by atoms with Crippen LogP contribution in [0.4, 0.5) is 11.5 Å². The molecule has 0 bridgehead atoms. The van der Waals surface area contributed by atoms with E-state index in [4.69, 9.17) is 11.6 Å². The van der Waals surface area contributed by atoms with Crippen molar-refractivity contribution in [3.05, 3.63) is 52.2 Å². The Bertz CT molecular complexity index is 578. The smallest absolute Gasteiger partial charge is 0.133 e. The summed E-state index contributed by atoms with van der Waals surface area (Å²) in [7, 11) is 1.95. The molecule has 3 nitrogen and oxygen atoms in total. The van der Waals surface area contributed by atoms with Crippen molar-refractivity contribution >= 4 is 23.1 Å². The van der Waals surface area contributed by atoms with Crippen LogP contribution in [0.1, 0.15) is 16.8 Å². The second-order valence-corrected chi connectivity index (χ2v) is 5.07. The van der Waals surface area contributed by atoms with Crippen LogP contribution in [-0.2, 0) is 6.61 Å². The van der Waals surface area contributed by atoms with Gasteiger partial charge in [0, 0.05) is 12.7 Å². The van der Waals surface area contributed by atoms with E-state index in [2.05, 4.69) is 37.0 Å². The zero-order valence-electron chi connectivity index (χ0n) is 11.3. The van der Waals surface area contributed by atoms with Crippen molar-refractivity contribution in [2.45, 2.75) is 20.5 Å². The van der Waals surface area contributed by atoms with E-state index in [1.807, 2.05) is 18.0 Å². The van der Waals surface area contributed by atoms with Crippen LogP contribution in [0.25, 0.3) is 0 Å². The van der Waals surface area contributed by atoms with E-state index in [1.165, 1.54) is 11.1 Å². The van der Waals surface area contributed by atoms with Gasteiger partial charge in [0.25, 0.3) is 0 Å². The quantitative estimate of drug-likeness (QED) is 0.930. The molecule has 0 atom stereocenters. The average molecular weight is 277 g/mol. The Balaban J connectivity index is 2.40. The number of nitrogens with zero attached hydrogens (tertiary/aromatic N) is 2. The predicted molar refractivity (Wildman–Crippen MR) is 79.1 cm³/mol. The molecular formula is C15H17ClN2O. The molecule has 4 heteroatoms. The lowest BCUT2D eigenvalue weighted by Crippen LogP contribution is -2.12. The third kappa shape index (κ3) is 3.06. The van der Waals surface area contributed by atoms with Gasteiger partial charge in [0.1, 0.15) is 5.82 Å². The molecular weight excluding hydrogens is 260 g/mol. The number of rotatable bonds is 3. The zero-order valence-corrected chi connectivity index (χ0v) is 12.1. The first-order valence-electron chi connectivity index (χ1n) is 6.09. The molecule has 19 heavy (non-hydrogen) atoms. The Kier molecular flexibility index (Phi) is 4.08. The summed E-state index contributed by atoms with van der Waals surface area (Å²) in [5, 5.41) is 9.70. The molecule has 2 aromatic rings. The highest BCUT2D eigenvalue weighted by Gasteiger charge is 2.09. The summed E-state index contributed by atoms with van der Waals surface area (Å²) < 4.78 is 0. The number of aliphatic hydroxyl groups is 1. The van der Waals surface area contributed by atoms with Crippen LogP contribution in [0.2, 0.25) is 5.02 Å². The number of hydrogen-bond donors (Lipinski definition) is 1. The van der Waals surface area contributed by atoms with Crippen molar-refractivity contribution in [3.8, 4) is 0 Å².